The Hall–Kier alpha value is -0.0913. The number of hydrogen-bond acceptors (Lipinski definition) is 2. The summed E-state index contributed by atoms with van der Waals surface area (Å²) in [7, 11) is 6.00. The monoisotopic (exact) mass is 258 g/mol. The molecule has 1 aromatic heterocycles. The van der Waals surface area contributed by atoms with E-state index in [0.29, 0.717) is 0 Å². The fraction of sp³-hybridized carbons (Fsp3) is 0.375. The molecule has 1 heterocycles. The molecule has 0 aromatic carbocycles. The molecular formula is C8H14N2Sn. The molecular weight excluding hydrogens is 243 g/mol. The van der Waals surface area contributed by atoms with E-state index in [2.05, 4.69) is 11.1 Å². The van der Waals surface area contributed by atoms with Crippen LogP contribution in [0, 0.1) is 0 Å². The standard InChI is InChI=1S/C5H4N.C3H9N.Sn.H/c1-2-4-6-5-3-1;1-4(2)3;;/h1-2,4-5H;1-3H3;;. The Morgan fingerprint density at radius 1 is 1.36 bits per heavy atom. The summed E-state index contributed by atoms with van der Waals surface area (Å²) in [6.45, 7) is 0. The van der Waals surface area contributed by atoms with Crippen molar-refractivity contribution in [3.05, 3.63) is 24.5 Å². The molecule has 0 saturated carbocycles. The molecule has 0 spiro atoms. The van der Waals surface area contributed by atoms with Gasteiger partial charge in [-0.05, 0) is 21.1 Å². The summed E-state index contributed by atoms with van der Waals surface area (Å²) in [6.07, 6.45) is 3.68. The van der Waals surface area contributed by atoms with E-state index < -0.39 is 0 Å². The van der Waals surface area contributed by atoms with Crippen LogP contribution >= 0.6 is 0 Å². The number of rotatable bonds is 0. The Bertz CT molecular complexity index is 172. The summed E-state index contributed by atoms with van der Waals surface area (Å²) >= 11 is 1.17. The van der Waals surface area contributed by atoms with E-state index in [4.69, 9.17) is 0 Å². The van der Waals surface area contributed by atoms with Gasteiger partial charge in [0, 0.05) is 0 Å². The molecule has 0 amide bonds. The van der Waals surface area contributed by atoms with Crippen LogP contribution in [0.1, 0.15) is 0 Å². The van der Waals surface area contributed by atoms with E-state index in [1.165, 1.54) is 26.1 Å². The van der Waals surface area contributed by atoms with E-state index in [1.807, 2.05) is 38.3 Å². The van der Waals surface area contributed by atoms with Crippen LogP contribution < -0.4 is 3.58 Å². The number of pyridine rings is 1. The van der Waals surface area contributed by atoms with Gasteiger partial charge in [0.15, 0.2) is 0 Å². The summed E-state index contributed by atoms with van der Waals surface area (Å²) in [5, 5.41) is 0. The van der Waals surface area contributed by atoms with Crippen LogP contribution in [0.4, 0.5) is 0 Å². The first-order valence-corrected chi connectivity index (χ1v) is 5.04. The van der Waals surface area contributed by atoms with Gasteiger partial charge in [0.05, 0.1) is 0 Å². The Morgan fingerprint density at radius 2 is 1.91 bits per heavy atom. The first-order chi connectivity index (χ1) is 5.13. The molecule has 2 radical (unpaired) electrons. The van der Waals surface area contributed by atoms with Crippen molar-refractivity contribution < 1.29 is 0 Å². The van der Waals surface area contributed by atoms with E-state index in [9.17, 15) is 0 Å². The van der Waals surface area contributed by atoms with Gasteiger partial charge in [-0.1, -0.05) is 0 Å². The van der Waals surface area contributed by atoms with Crippen molar-refractivity contribution in [1.82, 2.24) is 9.88 Å². The molecule has 0 aliphatic rings. The molecule has 0 unspecified atom stereocenters. The molecule has 0 N–H and O–H groups in total. The van der Waals surface area contributed by atoms with Crippen LogP contribution in [0.5, 0.6) is 0 Å². The van der Waals surface area contributed by atoms with Gasteiger partial charge in [0.2, 0.25) is 0 Å². The van der Waals surface area contributed by atoms with Crippen LogP contribution in [-0.2, 0) is 0 Å². The second-order valence-electron chi connectivity index (χ2n) is 2.63. The average Bonchev–Trinajstić information content (AvgIpc) is 1.87. The number of aromatic nitrogens is 1. The van der Waals surface area contributed by atoms with E-state index in [1.54, 1.807) is 6.20 Å². The maximum absolute atomic E-state index is 3.92. The van der Waals surface area contributed by atoms with Crippen LogP contribution in [0.25, 0.3) is 0 Å². The molecule has 2 nitrogen and oxygen atoms in total. The predicted octanol–water partition coefficient (Wildman–Crippen LogP) is -0.215. The summed E-state index contributed by atoms with van der Waals surface area (Å²) in [4.78, 5) is 5.92. The van der Waals surface area contributed by atoms with Gasteiger partial charge in [-0.3, -0.25) is 0 Å². The van der Waals surface area contributed by atoms with Gasteiger partial charge in [-0.15, -0.1) is 0 Å². The first-order valence-electron chi connectivity index (χ1n) is 3.39. The van der Waals surface area contributed by atoms with Crippen LogP contribution in [0.2, 0.25) is 0 Å². The van der Waals surface area contributed by atoms with Gasteiger partial charge in [0.25, 0.3) is 0 Å². The van der Waals surface area contributed by atoms with Crippen molar-refractivity contribution in [1.29, 1.82) is 0 Å². The van der Waals surface area contributed by atoms with E-state index in [-0.39, 0.29) is 0 Å². The summed E-state index contributed by atoms with van der Waals surface area (Å²) in [5.41, 5.74) is 0. The topological polar surface area (TPSA) is 16.1 Å². The van der Waals surface area contributed by atoms with Crippen LogP contribution in [0.15, 0.2) is 24.5 Å². The minimum absolute atomic E-state index is 1.17. The van der Waals surface area contributed by atoms with Crippen LogP contribution in [0.3, 0.4) is 0 Å². The summed E-state index contributed by atoms with van der Waals surface area (Å²) in [6, 6.07) is 4.04. The Labute approximate surface area is 81.7 Å². The number of hydrogen-bond donors (Lipinski definition) is 0. The fourth-order valence-electron chi connectivity index (χ4n) is 0.376. The third kappa shape index (κ3) is 9.91. The van der Waals surface area contributed by atoms with Crippen LogP contribution in [-0.4, -0.2) is 53.6 Å². The van der Waals surface area contributed by atoms with Crippen molar-refractivity contribution in [2.24, 2.45) is 0 Å². The second-order valence-corrected chi connectivity index (χ2v) is 4.53. The molecule has 0 atom stereocenters. The summed E-state index contributed by atoms with van der Waals surface area (Å²) < 4.78 is 1.34. The third-order valence-electron chi connectivity index (χ3n) is 0.684. The molecule has 0 fully saturated rings. The number of nitrogens with zero attached hydrogens (tertiary/aromatic N) is 2. The zero-order chi connectivity index (χ0) is 8.69. The molecule has 11 heavy (non-hydrogen) atoms. The van der Waals surface area contributed by atoms with Gasteiger partial charge in [0.1, 0.15) is 0 Å². The molecule has 0 saturated heterocycles. The van der Waals surface area contributed by atoms with E-state index >= 15 is 0 Å². The van der Waals surface area contributed by atoms with Crippen molar-refractivity contribution >= 4 is 26.1 Å². The minimum atomic E-state index is 1.17. The normalized spacial score (nSPS) is 8.82. The van der Waals surface area contributed by atoms with Crippen molar-refractivity contribution in [2.75, 3.05) is 21.1 Å². The zero-order valence-corrected chi connectivity index (χ0v) is 10.6. The molecule has 0 aliphatic heterocycles. The van der Waals surface area contributed by atoms with Gasteiger partial charge in [-0.2, -0.15) is 0 Å². The Morgan fingerprint density at radius 3 is 2.09 bits per heavy atom. The molecule has 60 valence electrons. The molecule has 0 bridgehead atoms. The zero-order valence-electron chi connectivity index (χ0n) is 7.28. The maximum atomic E-state index is 3.92. The van der Waals surface area contributed by atoms with Crippen molar-refractivity contribution in [3.63, 3.8) is 0 Å². The second kappa shape index (κ2) is 6.61. The molecule has 3 heteroatoms. The third-order valence-corrected chi connectivity index (χ3v) is 1.66. The van der Waals surface area contributed by atoms with E-state index in [0.717, 1.165) is 0 Å². The SMILES string of the molecule is CN(C)C.[SnH][c]1cccnc1. The van der Waals surface area contributed by atoms with Gasteiger partial charge >= 0.3 is 55.6 Å². The summed E-state index contributed by atoms with van der Waals surface area (Å²) in [5.74, 6) is 0. The Kier molecular flexibility index (Phi) is 6.55. The first kappa shape index (κ1) is 10.9. The molecule has 1 rings (SSSR count). The van der Waals surface area contributed by atoms with Crippen molar-refractivity contribution in [2.45, 2.75) is 0 Å². The Balaban J connectivity index is 0.000000218. The van der Waals surface area contributed by atoms with Gasteiger partial charge < -0.3 is 4.90 Å². The van der Waals surface area contributed by atoms with Crippen molar-refractivity contribution in [3.8, 4) is 0 Å². The van der Waals surface area contributed by atoms with Gasteiger partial charge in [-0.25, -0.2) is 0 Å². The quantitative estimate of drug-likeness (QED) is 0.597. The molecule has 0 aliphatic carbocycles. The fourth-order valence-corrected chi connectivity index (χ4v) is 0.939. The molecule has 1 aromatic rings. The predicted molar refractivity (Wildman–Crippen MR) is 50.6 cm³/mol. The average molecular weight is 257 g/mol.